The molecule has 0 saturated carbocycles. The summed E-state index contributed by atoms with van der Waals surface area (Å²) in [7, 11) is 5.54. The lowest BCUT2D eigenvalue weighted by atomic mass is 10.1. The van der Waals surface area contributed by atoms with Crippen molar-refractivity contribution in [2.24, 2.45) is 0 Å². The minimum atomic E-state index is -0.916. The molecule has 30 heavy (non-hydrogen) atoms. The highest BCUT2D eigenvalue weighted by molar-refractivity contribution is 7.99. The molecule has 0 fully saturated rings. The van der Waals surface area contributed by atoms with Crippen LogP contribution in [0.25, 0.3) is 0 Å². The van der Waals surface area contributed by atoms with Gasteiger partial charge in [-0.2, -0.15) is 0 Å². The van der Waals surface area contributed by atoms with Crippen LogP contribution in [0.15, 0.2) is 53.4 Å². The van der Waals surface area contributed by atoms with E-state index in [1.165, 1.54) is 6.92 Å². The maximum Gasteiger partial charge on any atom is 1.00 e. The normalized spacial score (nSPS) is 18.3. The number of hydrogen-bond acceptors (Lipinski definition) is 6. The summed E-state index contributed by atoms with van der Waals surface area (Å²) in [5.41, 5.74) is 1.75. The van der Waals surface area contributed by atoms with E-state index in [0.717, 1.165) is 21.9 Å². The quantitative estimate of drug-likeness (QED) is 0.621. The van der Waals surface area contributed by atoms with Gasteiger partial charge in [0.2, 0.25) is 0 Å². The van der Waals surface area contributed by atoms with Gasteiger partial charge in [0.1, 0.15) is 5.75 Å². The largest absolute Gasteiger partial charge is 1.00 e. The number of amides is 1. The fourth-order valence-electron chi connectivity index (χ4n) is 3.24. The van der Waals surface area contributed by atoms with E-state index in [0.29, 0.717) is 13.1 Å². The SMILES string of the molecule is COc1ccc([C@@H]2Sc3ccccc3N(CCN(C)C)C(=O)[C@@H]2OC(C)=O)cc1.Cl.[H+]. The number of likely N-dealkylation sites (N-methyl/N-ethyl adjacent to an activating group) is 1. The van der Waals surface area contributed by atoms with Gasteiger partial charge in [-0.25, -0.2) is 0 Å². The standard InChI is InChI=1S/C22H26N2O4S.ClH/c1-15(25)28-20-21(16-9-11-17(27-4)12-10-16)29-19-8-6-5-7-18(19)24(22(20)26)14-13-23(2)3;/h5-12,20-21H,13-14H2,1-4H3;1H/p+1/t20-,21+;/m1./s1. The average Bonchev–Trinajstić information content (AvgIpc) is 2.81. The summed E-state index contributed by atoms with van der Waals surface area (Å²) in [5, 5.41) is -0.359. The Bertz CT molecular complexity index is 882. The smallest absolute Gasteiger partial charge is 0.497 e. The molecule has 0 aromatic heterocycles. The van der Waals surface area contributed by atoms with Gasteiger partial charge < -0.3 is 19.3 Å². The molecule has 162 valence electrons. The molecule has 1 amide bonds. The van der Waals surface area contributed by atoms with Gasteiger partial charge >= 0.3 is 7.40 Å². The fourth-order valence-corrected chi connectivity index (χ4v) is 4.56. The van der Waals surface area contributed by atoms with Crippen molar-refractivity contribution in [3.8, 4) is 5.75 Å². The van der Waals surface area contributed by atoms with Gasteiger partial charge in [0, 0.05) is 24.9 Å². The number of carbonyl (C=O) groups is 2. The number of nitrogens with zero attached hydrogens (tertiary/aromatic N) is 2. The van der Waals surface area contributed by atoms with Gasteiger partial charge in [0.15, 0.2) is 6.10 Å². The first-order chi connectivity index (χ1) is 13.9. The van der Waals surface area contributed by atoms with Crippen LogP contribution in [-0.4, -0.2) is 57.2 Å². The van der Waals surface area contributed by atoms with Crippen LogP contribution in [0.4, 0.5) is 5.69 Å². The van der Waals surface area contributed by atoms with Crippen LogP contribution in [0.5, 0.6) is 5.75 Å². The number of benzene rings is 2. The third-order valence-electron chi connectivity index (χ3n) is 4.70. The highest BCUT2D eigenvalue weighted by Gasteiger charge is 2.40. The number of ether oxygens (including phenoxy) is 2. The molecule has 1 aliphatic rings. The summed E-state index contributed by atoms with van der Waals surface area (Å²) >= 11 is 1.54. The molecule has 8 heteroatoms. The van der Waals surface area contributed by atoms with Crippen LogP contribution in [-0.2, 0) is 14.3 Å². The third kappa shape index (κ3) is 5.47. The summed E-state index contributed by atoms with van der Waals surface area (Å²) in [4.78, 5) is 30.2. The van der Waals surface area contributed by atoms with E-state index in [1.807, 2.05) is 67.5 Å². The summed E-state index contributed by atoms with van der Waals surface area (Å²) in [5.74, 6) is 0.0528. The van der Waals surface area contributed by atoms with Crippen LogP contribution in [0.1, 0.15) is 19.2 Å². The second-order valence-corrected chi connectivity index (χ2v) is 8.29. The Morgan fingerprint density at radius 2 is 1.83 bits per heavy atom. The maximum absolute atomic E-state index is 13.6. The fraction of sp³-hybridized carbons (Fsp3) is 0.364. The zero-order valence-corrected chi connectivity index (χ0v) is 19.2. The Morgan fingerprint density at radius 1 is 1.17 bits per heavy atom. The molecule has 0 saturated heterocycles. The van der Waals surface area contributed by atoms with Crippen molar-refractivity contribution in [1.29, 1.82) is 0 Å². The second kappa shape index (κ2) is 10.7. The Hall–Kier alpha value is -2.22. The van der Waals surface area contributed by atoms with Crippen LogP contribution in [0.2, 0.25) is 0 Å². The molecule has 0 bridgehead atoms. The van der Waals surface area contributed by atoms with Crippen molar-refractivity contribution >= 4 is 41.7 Å². The van der Waals surface area contributed by atoms with Gasteiger partial charge in [-0.3, -0.25) is 9.59 Å². The minimum Gasteiger partial charge on any atom is -0.497 e. The van der Waals surface area contributed by atoms with Gasteiger partial charge in [-0.15, -0.1) is 24.2 Å². The lowest BCUT2D eigenvalue weighted by Gasteiger charge is -2.28. The number of hydrogen-bond donors (Lipinski definition) is 0. The van der Waals surface area contributed by atoms with Crippen molar-refractivity contribution in [3.05, 3.63) is 54.1 Å². The number of rotatable bonds is 6. The van der Waals surface area contributed by atoms with E-state index in [-0.39, 0.29) is 25.0 Å². The number of carbonyl (C=O) groups excluding carboxylic acids is 2. The number of halogens is 1. The van der Waals surface area contributed by atoms with Crippen LogP contribution in [0, 0.1) is 0 Å². The molecule has 3 rings (SSSR count). The van der Waals surface area contributed by atoms with Crippen molar-refractivity contribution in [3.63, 3.8) is 0 Å². The summed E-state index contributed by atoms with van der Waals surface area (Å²) in [6.45, 7) is 2.55. The van der Waals surface area contributed by atoms with E-state index in [1.54, 1.807) is 23.8 Å². The highest BCUT2D eigenvalue weighted by Crippen LogP contribution is 2.46. The lowest BCUT2D eigenvalue weighted by molar-refractivity contribution is -0.152. The molecule has 6 nitrogen and oxygen atoms in total. The topological polar surface area (TPSA) is 59.1 Å². The molecule has 0 spiro atoms. The third-order valence-corrected chi connectivity index (χ3v) is 6.07. The molecular weight excluding hydrogens is 424 g/mol. The Kier molecular flexibility index (Phi) is 8.58. The van der Waals surface area contributed by atoms with Gasteiger partial charge in [0.05, 0.1) is 18.0 Å². The summed E-state index contributed by atoms with van der Waals surface area (Å²) in [6, 6.07) is 15.4. The molecule has 0 radical (unpaired) electrons. The average molecular weight is 452 g/mol. The predicted molar refractivity (Wildman–Crippen MR) is 123 cm³/mol. The molecule has 0 N–H and O–H groups in total. The van der Waals surface area contributed by atoms with Crippen LogP contribution >= 0.6 is 24.2 Å². The molecule has 2 aromatic rings. The Balaban J connectivity index is 0.00000240. The molecule has 1 heterocycles. The number of methoxy groups -OCH3 is 1. The van der Waals surface area contributed by atoms with Gasteiger partial charge in [-0.1, -0.05) is 24.3 Å². The minimum absolute atomic E-state index is 0. The predicted octanol–water partition coefficient (Wildman–Crippen LogP) is 3.90. The number of para-hydroxylation sites is 1. The number of esters is 1. The van der Waals surface area contributed by atoms with E-state index >= 15 is 0 Å². The number of thioether (sulfide) groups is 1. The van der Waals surface area contributed by atoms with Crippen molar-refractivity contribution in [2.75, 3.05) is 39.2 Å². The lowest BCUT2D eigenvalue weighted by Crippen LogP contribution is -2.45. The second-order valence-electron chi connectivity index (χ2n) is 7.10. The summed E-state index contributed by atoms with van der Waals surface area (Å²) < 4.78 is 10.8. The molecule has 0 unspecified atom stereocenters. The van der Waals surface area contributed by atoms with Gasteiger partial charge in [0.25, 0.3) is 5.91 Å². The first kappa shape index (κ1) is 24.1. The Morgan fingerprint density at radius 3 is 2.43 bits per heavy atom. The zero-order chi connectivity index (χ0) is 21.0. The maximum atomic E-state index is 13.6. The first-order valence-electron chi connectivity index (χ1n) is 9.43. The Labute approximate surface area is 189 Å². The van der Waals surface area contributed by atoms with Crippen molar-refractivity contribution in [1.82, 2.24) is 4.90 Å². The van der Waals surface area contributed by atoms with Crippen LogP contribution < -0.4 is 9.64 Å². The van der Waals surface area contributed by atoms with E-state index in [4.69, 9.17) is 9.47 Å². The monoisotopic (exact) mass is 451 g/mol. The molecule has 2 atom stereocenters. The van der Waals surface area contributed by atoms with E-state index in [9.17, 15) is 9.59 Å². The molecular formula is C22H28ClN2O4S+. The van der Waals surface area contributed by atoms with Crippen molar-refractivity contribution in [2.45, 2.75) is 23.2 Å². The van der Waals surface area contributed by atoms with Crippen molar-refractivity contribution < 1.29 is 20.5 Å². The zero-order valence-electron chi connectivity index (χ0n) is 18.5. The number of fused-ring (bicyclic) bond motifs is 1. The summed E-state index contributed by atoms with van der Waals surface area (Å²) in [6.07, 6.45) is -0.916. The molecule has 1 aliphatic heterocycles. The first-order valence-corrected chi connectivity index (χ1v) is 10.3. The highest BCUT2D eigenvalue weighted by atomic mass is 35.5. The molecule has 0 aliphatic carbocycles. The van der Waals surface area contributed by atoms with Gasteiger partial charge in [-0.05, 0) is 43.9 Å². The van der Waals surface area contributed by atoms with E-state index in [2.05, 4.69) is 0 Å². The van der Waals surface area contributed by atoms with E-state index < -0.39 is 12.1 Å². The van der Waals surface area contributed by atoms with Crippen LogP contribution in [0.3, 0.4) is 0 Å². The number of anilines is 1. The molecule has 2 aromatic carbocycles.